The maximum absolute atomic E-state index is 12.7. The van der Waals surface area contributed by atoms with Gasteiger partial charge in [0.25, 0.3) is 0 Å². The number of amides is 1. The number of halogens is 4. The van der Waals surface area contributed by atoms with Crippen molar-refractivity contribution in [2.75, 3.05) is 11.0 Å². The summed E-state index contributed by atoms with van der Waals surface area (Å²) < 4.78 is 48.0. The summed E-state index contributed by atoms with van der Waals surface area (Å²) in [6.07, 6.45) is -5.47. The van der Waals surface area contributed by atoms with Gasteiger partial charge in [-0.25, -0.2) is 4.79 Å². The first kappa shape index (κ1) is 21.4. The number of alkyl halides is 4. The summed E-state index contributed by atoms with van der Waals surface area (Å²) in [5.41, 5.74) is -3.21. The van der Waals surface area contributed by atoms with E-state index in [0.29, 0.717) is 0 Å². The summed E-state index contributed by atoms with van der Waals surface area (Å²) in [5.74, 6) is -0.454. The molecule has 1 N–H and O–H groups in total. The number of hydrogen-bond acceptors (Lipinski definition) is 4. The molecule has 0 aliphatic rings. The first-order valence-electron chi connectivity index (χ1n) is 6.48. The monoisotopic (exact) mass is 439 g/mol. The topological polar surface area (TPSA) is 64.6 Å². The molecule has 1 atom stereocenters. The standard InChI is InChI=1S/C13H21F3INO4/c1-11(2,3)22-10(20)18-8(9(19)6-17)7-21-12(4,5)13(14,15)16/h8H,6-7H2,1-5H3,(H,18,20)/t8-/m0/s1. The maximum atomic E-state index is 12.7. The lowest BCUT2D eigenvalue weighted by Crippen LogP contribution is -2.50. The Balaban J connectivity index is 4.82. The highest BCUT2D eigenvalue weighted by Gasteiger charge is 2.49. The largest absolute Gasteiger partial charge is 0.444 e. The summed E-state index contributed by atoms with van der Waals surface area (Å²) in [6, 6.07) is -1.20. The minimum atomic E-state index is -4.59. The summed E-state index contributed by atoms with van der Waals surface area (Å²) in [6.45, 7) is 6.01. The predicted molar refractivity (Wildman–Crippen MR) is 83.1 cm³/mol. The summed E-state index contributed by atoms with van der Waals surface area (Å²) in [7, 11) is 0. The number of carbonyl (C=O) groups is 2. The Kier molecular flexibility index (Phi) is 7.60. The molecule has 130 valence electrons. The first-order chi connectivity index (χ1) is 9.69. The summed E-state index contributed by atoms with van der Waals surface area (Å²) >= 11 is 1.76. The van der Waals surface area contributed by atoms with Gasteiger partial charge < -0.3 is 14.8 Å². The number of alkyl carbamates (subject to hydrolysis) is 1. The quantitative estimate of drug-likeness (QED) is 0.510. The molecule has 0 aliphatic heterocycles. The van der Waals surface area contributed by atoms with Crippen LogP contribution in [0.15, 0.2) is 0 Å². The van der Waals surface area contributed by atoms with Crippen molar-refractivity contribution in [3.8, 4) is 0 Å². The highest BCUT2D eigenvalue weighted by molar-refractivity contribution is 14.1. The van der Waals surface area contributed by atoms with E-state index >= 15 is 0 Å². The zero-order valence-corrected chi connectivity index (χ0v) is 15.3. The van der Waals surface area contributed by atoms with Crippen LogP contribution < -0.4 is 5.32 Å². The maximum Gasteiger partial charge on any atom is 0.416 e. The Labute approximate surface area is 141 Å². The normalized spacial score (nSPS) is 14.4. The Morgan fingerprint density at radius 3 is 2.00 bits per heavy atom. The third-order valence-corrected chi connectivity index (χ3v) is 3.26. The molecule has 1 amide bonds. The zero-order valence-electron chi connectivity index (χ0n) is 13.1. The first-order valence-corrected chi connectivity index (χ1v) is 8.01. The summed E-state index contributed by atoms with van der Waals surface area (Å²) in [5, 5.41) is 2.24. The Morgan fingerprint density at radius 1 is 1.14 bits per heavy atom. The lowest BCUT2D eigenvalue weighted by molar-refractivity contribution is -0.264. The van der Waals surface area contributed by atoms with Gasteiger partial charge >= 0.3 is 12.3 Å². The number of carbonyl (C=O) groups excluding carboxylic acids is 2. The molecule has 0 radical (unpaired) electrons. The van der Waals surface area contributed by atoms with E-state index in [9.17, 15) is 22.8 Å². The zero-order chi connectivity index (χ0) is 17.8. The lowest BCUT2D eigenvalue weighted by Gasteiger charge is -2.30. The molecule has 22 heavy (non-hydrogen) atoms. The van der Waals surface area contributed by atoms with Crippen LogP contribution in [0, 0.1) is 0 Å². The Hall–Kier alpha value is -0.580. The van der Waals surface area contributed by atoms with Gasteiger partial charge in [0, 0.05) is 0 Å². The molecule has 0 rings (SSSR count). The SMILES string of the molecule is CC(C)(C)OC(=O)N[C@@H](COC(C)(C)C(F)(F)F)C(=O)CI. The van der Waals surface area contributed by atoms with Gasteiger partial charge in [0.05, 0.1) is 11.0 Å². The number of hydrogen-bond donors (Lipinski definition) is 1. The van der Waals surface area contributed by atoms with Crippen molar-refractivity contribution in [2.24, 2.45) is 0 Å². The number of rotatable bonds is 6. The molecule has 0 aromatic carbocycles. The minimum Gasteiger partial charge on any atom is -0.444 e. The van der Waals surface area contributed by atoms with Crippen LogP contribution in [0.4, 0.5) is 18.0 Å². The molecular weight excluding hydrogens is 418 g/mol. The molecular formula is C13H21F3INO4. The van der Waals surface area contributed by atoms with Gasteiger partial charge in [-0.15, -0.1) is 0 Å². The lowest BCUT2D eigenvalue weighted by atomic mass is 10.1. The van der Waals surface area contributed by atoms with Crippen molar-refractivity contribution in [2.45, 2.75) is 58.0 Å². The predicted octanol–water partition coefficient (Wildman–Crippen LogP) is 3.24. The van der Waals surface area contributed by atoms with E-state index < -0.39 is 41.9 Å². The van der Waals surface area contributed by atoms with E-state index in [1.54, 1.807) is 43.4 Å². The van der Waals surface area contributed by atoms with Gasteiger partial charge in [0.2, 0.25) is 0 Å². The second-order valence-corrected chi connectivity index (χ2v) is 6.88. The molecule has 0 spiro atoms. The Bertz CT molecular complexity index is 405. The van der Waals surface area contributed by atoms with Gasteiger partial charge in [-0.1, -0.05) is 22.6 Å². The second-order valence-electron chi connectivity index (χ2n) is 6.12. The molecule has 0 heterocycles. The molecule has 0 aliphatic carbocycles. The van der Waals surface area contributed by atoms with E-state index in [1.807, 2.05) is 0 Å². The second kappa shape index (κ2) is 7.80. The van der Waals surface area contributed by atoms with Gasteiger partial charge in [-0.05, 0) is 34.6 Å². The van der Waals surface area contributed by atoms with Gasteiger partial charge in [0.15, 0.2) is 11.4 Å². The van der Waals surface area contributed by atoms with Crippen LogP contribution in [0.25, 0.3) is 0 Å². The van der Waals surface area contributed by atoms with Crippen LogP contribution in [-0.2, 0) is 14.3 Å². The molecule has 0 saturated carbocycles. The van der Waals surface area contributed by atoms with Crippen LogP contribution in [0.2, 0.25) is 0 Å². The molecule has 5 nitrogen and oxygen atoms in total. The van der Waals surface area contributed by atoms with Crippen LogP contribution >= 0.6 is 22.6 Å². The van der Waals surface area contributed by atoms with Crippen molar-refractivity contribution < 1.29 is 32.2 Å². The third kappa shape index (κ3) is 7.61. The molecule has 0 saturated heterocycles. The van der Waals surface area contributed by atoms with E-state index in [0.717, 1.165) is 13.8 Å². The van der Waals surface area contributed by atoms with Crippen LogP contribution in [0.3, 0.4) is 0 Å². The fraction of sp³-hybridized carbons (Fsp3) is 0.846. The number of ether oxygens (including phenoxy) is 2. The van der Waals surface area contributed by atoms with Crippen molar-refractivity contribution in [3.05, 3.63) is 0 Å². The molecule has 0 unspecified atom stereocenters. The number of nitrogens with one attached hydrogen (secondary N) is 1. The van der Waals surface area contributed by atoms with E-state index in [-0.39, 0.29) is 4.43 Å². The molecule has 0 bridgehead atoms. The van der Waals surface area contributed by atoms with Crippen LogP contribution in [0.5, 0.6) is 0 Å². The van der Waals surface area contributed by atoms with E-state index in [1.165, 1.54) is 0 Å². The molecule has 0 fully saturated rings. The fourth-order valence-electron chi connectivity index (χ4n) is 1.13. The van der Waals surface area contributed by atoms with Gasteiger partial charge in [-0.2, -0.15) is 13.2 Å². The molecule has 9 heteroatoms. The van der Waals surface area contributed by atoms with Crippen LogP contribution in [0.1, 0.15) is 34.6 Å². The molecule has 0 aromatic heterocycles. The third-order valence-electron chi connectivity index (χ3n) is 2.50. The number of ketones is 1. The average Bonchev–Trinajstić information content (AvgIpc) is 2.29. The van der Waals surface area contributed by atoms with Crippen molar-refractivity contribution >= 4 is 34.5 Å². The van der Waals surface area contributed by atoms with E-state index in [4.69, 9.17) is 9.47 Å². The van der Waals surface area contributed by atoms with Crippen molar-refractivity contribution in [1.29, 1.82) is 0 Å². The smallest absolute Gasteiger partial charge is 0.416 e. The minimum absolute atomic E-state index is 0.0219. The van der Waals surface area contributed by atoms with Gasteiger partial charge in [0.1, 0.15) is 11.6 Å². The van der Waals surface area contributed by atoms with Crippen LogP contribution in [-0.4, -0.2) is 46.3 Å². The van der Waals surface area contributed by atoms with Gasteiger partial charge in [-0.3, -0.25) is 4.79 Å². The molecule has 0 aromatic rings. The number of Topliss-reactive ketones (excluding diaryl/α,β-unsaturated/α-hetero) is 1. The van der Waals surface area contributed by atoms with Crippen molar-refractivity contribution in [1.82, 2.24) is 5.32 Å². The highest BCUT2D eigenvalue weighted by Crippen LogP contribution is 2.32. The average molecular weight is 439 g/mol. The fourth-order valence-corrected chi connectivity index (χ4v) is 1.66. The van der Waals surface area contributed by atoms with Crippen molar-refractivity contribution in [3.63, 3.8) is 0 Å². The van der Waals surface area contributed by atoms with E-state index in [2.05, 4.69) is 5.32 Å². The highest BCUT2D eigenvalue weighted by atomic mass is 127. The Morgan fingerprint density at radius 2 is 1.64 bits per heavy atom. The summed E-state index contributed by atoms with van der Waals surface area (Å²) in [4.78, 5) is 23.4.